The van der Waals surface area contributed by atoms with Crippen LogP contribution in [0.5, 0.6) is 0 Å². The van der Waals surface area contributed by atoms with E-state index in [4.69, 9.17) is 4.74 Å². The molecule has 0 aromatic heterocycles. The van der Waals surface area contributed by atoms with Gasteiger partial charge in [-0.25, -0.2) is 4.39 Å². The van der Waals surface area contributed by atoms with E-state index in [1.165, 1.54) is 0 Å². The monoisotopic (exact) mass is 265 g/mol. The van der Waals surface area contributed by atoms with E-state index in [0.29, 0.717) is 11.5 Å². The Morgan fingerprint density at radius 3 is 2.84 bits per heavy atom. The molecule has 3 atom stereocenters. The van der Waals surface area contributed by atoms with Gasteiger partial charge in [0.25, 0.3) is 0 Å². The van der Waals surface area contributed by atoms with Gasteiger partial charge in [0.15, 0.2) is 0 Å². The zero-order valence-corrected chi connectivity index (χ0v) is 12.1. The second-order valence-electron chi connectivity index (χ2n) is 5.47. The van der Waals surface area contributed by atoms with Gasteiger partial charge in [-0.1, -0.05) is 19.1 Å². The Morgan fingerprint density at radius 2 is 2.26 bits per heavy atom. The van der Waals surface area contributed by atoms with Gasteiger partial charge in [-0.15, -0.1) is 0 Å². The van der Waals surface area contributed by atoms with Crippen molar-refractivity contribution in [2.24, 2.45) is 5.92 Å². The second kappa shape index (κ2) is 6.49. The van der Waals surface area contributed by atoms with Gasteiger partial charge < -0.3 is 10.1 Å². The van der Waals surface area contributed by atoms with Crippen molar-refractivity contribution >= 4 is 0 Å². The largest absolute Gasteiger partial charge is 0.378 e. The fourth-order valence-electron chi connectivity index (χ4n) is 2.80. The third-order valence-corrected chi connectivity index (χ3v) is 4.03. The normalized spacial score (nSPS) is 24.6. The molecule has 2 nitrogen and oxygen atoms in total. The first-order valence-electron chi connectivity index (χ1n) is 7.24. The lowest BCUT2D eigenvalue weighted by molar-refractivity contribution is 0.0953. The first-order valence-corrected chi connectivity index (χ1v) is 7.24. The topological polar surface area (TPSA) is 21.3 Å². The molecule has 1 fully saturated rings. The Labute approximate surface area is 115 Å². The molecule has 1 aromatic rings. The van der Waals surface area contributed by atoms with Crippen LogP contribution in [-0.2, 0) is 4.74 Å². The third kappa shape index (κ3) is 3.34. The molecule has 19 heavy (non-hydrogen) atoms. The van der Waals surface area contributed by atoms with E-state index in [-0.39, 0.29) is 18.0 Å². The molecular weight excluding hydrogens is 241 g/mol. The average molecular weight is 265 g/mol. The lowest BCUT2D eigenvalue weighted by atomic mass is 9.87. The fourth-order valence-corrected chi connectivity index (χ4v) is 2.80. The van der Waals surface area contributed by atoms with Crippen LogP contribution in [0.15, 0.2) is 18.2 Å². The summed E-state index contributed by atoms with van der Waals surface area (Å²) in [6, 6.07) is 5.77. The fraction of sp³-hybridized carbons (Fsp3) is 0.625. The molecule has 0 radical (unpaired) electrons. The molecule has 0 aliphatic carbocycles. The molecule has 0 bridgehead atoms. The Morgan fingerprint density at radius 1 is 1.47 bits per heavy atom. The van der Waals surface area contributed by atoms with Gasteiger partial charge >= 0.3 is 0 Å². The molecular formula is C16H24FNO. The maximum atomic E-state index is 13.8. The van der Waals surface area contributed by atoms with Crippen LogP contribution >= 0.6 is 0 Å². The molecule has 1 aliphatic rings. The summed E-state index contributed by atoms with van der Waals surface area (Å²) in [5.41, 5.74) is 1.74. The Bertz CT molecular complexity index is 421. The summed E-state index contributed by atoms with van der Waals surface area (Å²) in [5, 5.41) is 3.56. The molecule has 2 rings (SSSR count). The summed E-state index contributed by atoms with van der Waals surface area (Å²) < 4.78 is 19.5. The van der Waals surface area contributed by atoms with Crippen molar-refractivity contribution in [3.63, 3.8) is 0 Å². The summed E-state index contributed by atoms with van der Waals surface area (Å²) in [6.45, 7) is 7.82. The van der Waals surface area contributed by atoms with Crippen LogP contribution in [0, 0.1) is 18.7 Å². The molecule has 3 unspecified atom stereocenters. The van der Waals surface area contributed by atoms with Crippen molar-refractivity contribution in [1.82, 2.24) is 5.32 Å². The number of hydrogen-bond donors (Lipinski definition) is 1. The summed E-state index contributed by atoms with van der Waals surface area (Å²) in [5.74, 6) is 0.307. The zero-order valence-electron chi connectivity index (χ0n) is 12.1. The highest BCUT2D eigenvalue weighted by atomic mass is 19.1. The van der Waals surface area contributed by atoms with Crippen molar-refractivity contribution in [2.75, 3.05) is 13.2 Å². The van der Waals surface area contributed by atoms with Crippen LogP contribution in [0.2, 0.25) is 0 Å². The molecule has 1 heterocycles. The van der Waals surface area contributed by atoms with E-state index in [1.807, 2.05) is 12.1 Å². The van der Waals surface area contributed by atoms with E-state index in [2.05, 4.69) is 19.2 Å². The van der Waals surface area contributed by atoms with Gasteiger partial charge in [0, 0.05) is 18.6 Å². The van der Waals surface area contributed by atoms with Gasteiger partial charge in [0.05, 0.1) is 6.10 Å². The highest BCUT2D eigenvalue weighted by molar-refractivity contribution is 5.26. The van der Waals surface area contributed by atoms with Crippen molar-refractivity contribution < 1.29 is 9.13 Å². The average Bonchev–Trinajstić information content (AvgIpc) is 2.80. The number of nitrogens with one attached hydrogen (secondary N) is 1. The number of ether oxygens (including phenoxy) is 1. The van der Waals surface area contributed by atoms with Gasteiger partial charge in [-0.2, -0.15) is 0 Å². The minimum absolute atomic E-state index is 0.118. The quantitative estimate of drug-likeness (QED) is 0.878. The van der Waals surface area contributed by atoms with Gasteiger partial charge in [-0.3, -0.25) is 0 Å². The lowest BCUT2D eigenvalue weighted by Crippen LogP contribution is -2.32. The second-order valence-corrected chi connectivity index (χ2v) is 5.47. The molecule has 0 saturated carbocycles. The Hall–Kier alpha value is -0.930. The number of benzene rings is 1. The minimum atomic E-state index is -0.118. The zero-order chi connectivity index (χ0) is 13.8. The minimum Gasteiger partial charge on any atom is -0.378 e. The summed E-state index contributed by atoms with van der Waals surface area (Å²) in [6.07, 6.45) is 2.35. The molecule has 0 spiro atoms. The van der Waals surface area contributed by atoms with Gasteiger partial charge in [0.1, 0.15) is 5.82 Å². The predicted molar refractivity (Wildman–Crippen MR) is 75.7 cm³/mol. The SMILES string of the molecule is CCCNC(c1ccc(C)c(F)c1)C1CCOC1C. The number of rotatable bonds is 5. The molecule has 1 saturated heterocycles. The van der Waals surface area contributed by atoms with E-state index in [0.717, 1.165) is 31.6 Å². The number of aryl methyl sites for hydroxylation is 1. The maximum Gasteiger partial charge on any atom is 0.126 e. The molecule has 1 aliphatic heterocycles. The van der Waals surface area contributed by atoms with E-state index < -0.39 is 0 Å². The highest BCUT2D eigenvalue weighted by Gasteiger charge is 2.32. The van der Waals surface area contributed by atoms with Crippen LogP contribution in [-0.4, -0.2) is 19.3 Å². The predicted octanol–water partition coefficient (Wildman–Crippen LogP) is 3.60. The Kier molecular flexibility index (Phi) is 4.94. The smallest absolute Gasteiger partial charge is 0.126 e. The number of hydrogen-bond acceptors (Lipinski definition) is 2. The summed E-state index contributed by atoms with van der Waals surface area (Å²) >= 11 is 0. The molecule has 3 heteroatoms. The van der Waals surface area contributed by atoms with Crippen LogP contribution in [0.25, 0.3) is 0 Å². The van der Waals surface area contributed by atoms with E-state index in [1.54, 1.807) is 13.0 Å². The molecule has 0 amide bonds. The highest BCUT2D eigenvalue weighted by Crippen LogP contribution is 2.33. The van der Waals surface area contributed by atoms with E-state index >= 15 is 0 Å². The Balaban J connectivity index is 2.22. The standard InChI is InChI=1S/C16H24FNO/c1-4-8-18-16(14-7-9-19-12(14)3)13-6-5-11(2)15(17)10-13/h5-6,10,12,14,16,18H,4,7-9H2,1-3H3. The summed E-state index contributed by atoms with van der Waals surface area (Å²) in [4.78, 5) is 0. The third-order valence-electron chi connectivity index (χ3n) is 4.03. The van der Waals surface area contributed by atoms with Crippen LogP contribution in [0.3, 0.4) is 0 Å². The maximum absolute atomic E-state index is 13.8. The van der Waals surface area contributed by atoms with Crippen molar-refractivity contribution in [2.45, 2.75) is 45.8 Å². The molecule has 1 N–H and O–H groups in total. The van der Waals surface area contributed by atoms with Crippen LogP contribution < -0.4 is 5.32 Å². The van der Waals surface area contributed by atoms with E-state index in [9.17, 15) is 4.39 Å². The van der Waals surface area contributed by atoms with Crippen LogP contribution in [0.4, 0.5) is 4.39 Å². The lowest BCUT2D eigenvalue weighted by Gasteiger charge is -2.27. The summed E-state index contributed by atoms with van der Waals surface area (Å²) in [7, 11) is 0. The molecule has 1 aromatic carbocycles. The first-order chi connectivity index (χ1) is 9.13. The van der Waals surface area contributed by atoms with Crippen molar-refractivity contribution in [1.29, 1.82) is 0 Å². The first kappa shape index (κ1) is 14.5. The van der Waals surface area contributed by atoms with Gasteiger partial charge in [0.2, 0.25) is 0 Å². The van der Waals surface area contributed by atoms with Gasteiger partial charge in [-0.05, 0) is 50.4 Å². The number of halogens is 1. The van der Waals surface area contributed by atoms with Crippen molar-refractivity contribution in [3.8, 4) is 0 Å². The molecule has 106 valence electrons. The van der Waals surface area contributed by atoms with Crippen molar-refractivity contribution in [3.05, 3.63) is 35.1 Å². The van der Waals surface area contributed by atoms with Crippen LogP contribution in [0.1, 0.15) is 43.9 Å².